The Kier molecular flexibility index (Phi) is 8.44. The molecule has 3 atom stereocenters. The number of rotatable bonds is 8. The van der Waals surface area contributed by atoms with E-state index < -0.39 is 6.10 Å². The van der Waals surface area contributed by atoms with Crippen LogP contribution in [-0.4, -0.2) is 121 Å². The molecule has 4 rings (SSSR count). The number of likely N-dealkylation sites (tertiary alicyclic amines) is 2. The third kappa shape index (κ3) is 6.84. The van der Waals surface area contributed by atoms with Crippen molar-refractivity contribution in [1.82, 2.24) is 19.6 Å². The topological polar surface area (TPSA) is 110 Å². The number of ether oxygens (including phenoxy) is 2. The Bertz CT molecular complexity index is 898. The van der Waals surface area contributed by atoms with Crippen LogP contribution < -0.4 is 4.74 Å². The van der Waals surface area contributed by atoms with Gasteiger partial charge in [-0.1, -0.05) is 0 Å². The molecule has 0 saturated carbocycles. The Hall–Kier alpha value is -2.87. The molecule has 0 aromatic heterocycles. The number of fused-ring (bicyclic) bond motifs is 1. The van der Waals surface area contributed by atoms with Crippen LogP contribution >= 0.6 is 0 Å². The molecule has 0 bridgehead atoms. The zero-order chi connectivity index (χ0) is 24.8. The molecule has 1 aromatic rings. The SMILES string of the molecule is CC(=O)N1CCN(CCOC(=O)N2CC3CN(C[C@H](O)COc4ccc(C#N)cc4)CC3C2)CC1. The fourth-order valence-corrected chi connectivity index (χ4v) is 5.20. The van der Waals surface area contributed by atoms with Gasteiger partial charge in [-0.25, -0.2) is 4.79 Å². The van der Waals surface area contributed by atoms with Crippen molar-refractivity contribution in [2.24, 2.45) is 11.8 Å². The first-order chi connectivity index (χ1) is 16.9. The monoisotopic (exact) mass is 485 g/mol. The van der Waals surface area contributed by atoms with Crippen molar-refractivity contribution in [1.29, 1.82) is 5.26 Å². The summed E-state index contributed by atoms with van der Waals surface area (Å²) >= 11 is 0. The van der Waals surface area contributed by atoms with Crippen molar-refractivity contribution < 1.29 is 24.2 Å². The summed E-state index contributed by atoms with van der Waals surface area (Å²) in [5.41, 5.74) is 0.573. The molecule has 1 aromatic carbocycles. The number of aliphatic hydroxyl groups is 1. The molecule has 0 radical (unpaired) electrons. The Balaban J connectivity index is 1.10. The van der Waals surface area contributed by atoms with E-state index in [0.29, 0.717) is 55.9 Å². The quantitative estimate of drug-likeness (QED) is 0.566. The zero-order valence-corrected chi connectivity index (χ0v) is 20.3. The summed E-state index contributed by atoms with van der Waals surface area (Å²) < 4.78 is 11.2. The molecule has 0 spiro atoms. The fourth-order valence-electron chi connectivity index (χ4n) is 5.20. The molecule has 3 fully saturated rings. The van der Waals surface area contributed by atoms with Gasteiger partial charge < -0.3 is 24.4 Å². The molecule has 35 heavy (non-hydrogen) atoms. The minimum Gasteiger partial charge on any atom is -0.491 e. The van der Waals surface area contributed by atoms with Gasteiger partial charge in [-0.15, -0.1) is 0 Å². The van der Waals surface area contributed by atoms with Crippen LogP contribution in [0.3, 0.4) is 0 Å². The second-order valence-electron chi connectivity index (χ2n) is 9.71. The van der Waals surface area contributed by atoms with Gasteiger partial charge in [-0.2, -0.15) is 5.26 Å². The second kappa shape index (κ2) is 11.7. The molecule has 0 aliphatic carbocycles. The molecule has 10 heteroatoms. The van der Waals surface area contributed by atoms with Crippen LogP contribution in [0, 0.1) is 23.2 Å². The van der Waals surface area contributed by atoms with E-state index in [4.69, 9.17) is 14.7 Å². The Morgan fingerprint density at radius 1 is 1.03 bits per heavy atom. The summed E-state index contributed by atoms with van der Waals surface area (Å²) in [6.07, 6.45) is -0.855. The Morgan fingerprint density at radius 3 is 2.29 bits per heavy atom. The molecule has 1 N–H and O–H groups in total. The number of nitrogens with zero attached hydrogens (tertiary/aromatic N) is 5. The highest BCUT2D eigenvalue weighted by Crippen LogP contribution is 2.31. The third-order valence-corrected chi connectivity index (χ3v) is 7.17. The van der Waals surface area contributed by atoms with Crippen molar-refractivity contribution in [2.75, 3.05) is 78.7 Å². The van der Waals surface area contributed by atoms with Gasteiger partial charge in [-0.3, -0.25) is 14.6 Å². The van der Waals surface area contributed by atoms with Gasteiger partial charge in [0.25, 0.3) is 0 Å². The highest BCUT2D eigenvalue weighted by molar-refractivity contribution is 5.73. The summed E-state index contributed by atoms with van der Waals surface area (Å²) in [5.74, 6) is 1.54. The molecule has 10 nitrogen and oxygen atoms in total. The predicted molar refractivity (Wildman–Crippen MR) is 128 cm³/mol. The molecule has 3 heterocycles. The Labute approximate surface area is 206 Å². The molecular formula is C25H35N5O5. The van der Waals surface area contributed by atoms with Crippen LogP contribution in [0.1, 0.15) is 12.5 Å². The first-order valence-corrected chi connectivity index (χ1v) is 12.3. The number of carbonyl (C=O) groups excluding carboxylic acids is 2. The van der Waals surface area contributed by atoms with E-state index >= 15 is 0 Å². The number of benzene rings is 1. The van der Waals surface area contributed by atoms with Gasteiger partial charge >= 0.3 is 6.09 Å². The maximum Gasteiger partial charge on any atom is 0.409 e. The average Bonchev–Trinajstić information content (AvgIpc) is 3.42. The third-order valence-electron chi connectivity index (χ3n) is 7.17. The molecular weight excluding hydrogens is 450 g/mol. The van der Waals surface area contributed by atoms with Crippen molar-refractivity contribution in [3.05, 3.63) is 29.8 Å². The smallest absolute Gasteiger partial charge is 0.409 e. The lowest BCUT2D eigenvalue weighted by atomic mass is 10.0. The van der Waals surface area contributed by atoms with Crippen LogP contribution in [0.2, 0.25) is 0 Å². The molecule has 190 valence electrons. The van der Waals surface area contributed by atoms with Crippen molar-refractivity contribution in [3.63, 3.8) is 0 Å². The van der Waals surface area contributed by atoms with Gasteiger partial charge in [-0.05, 0) is 36.1 Å². The van der Waals surface area contributed by atoms with E-state index in [-0.39, 0.29) is 18.6 Å². The average molecular weight is 486 g/mol. The van der Waals surface area contributed by atoms with Gasteiger partial charge in [0, 0.05) is 72.4 Å². The lowest BCUT2D eigenvalue weighted by Crippen LogP contribution is -2.49. The number of piperazine rings is 1. The normalized spacial score (nSPS) is 23.6. The van der Waals surface area contributed by atoms with Crippen LogP contribution in [0.5, 0.6) is 5.75 Å². The van der Waals surface area contributed by atoms with Gasteiger partial charge in [0.05, 0.1) is 11.6 Å². The highest BCUT2D eigenvalue weighted by Gasteiger charge is 2.42. The maximum atomic E-state index is 12.5. The number of aliphatic hydroxyl groups excluding tert-OH is 1. The number of carbonyl (C=O) groups is 2. The highest BCUT2D eigenvalue weighted by atomic mass is 16.6. The number of hydrogen-bond donors (Lipinski definition) is 1. The van der Waals surface area contributed by atoms with Gasteiger partial charge in [0.2, 0.25) is 5.91 Å². The maximum absolute atomic E-state index is 12.5. The minimum absolute atomic E-state index is 0.111. The van der Waals surface area contributed by atoms with E-state index in [1.54, 1.807) is 31.2 Å². The molecule has 3 aliphatic heterocycles. The van der Waals surface area contributed by atoms with Gasteiger partial charge in [0.1, 0.15) is 25.1 Å². The van der Waals surface area contributed by atoms with Crippen molar-refractivity contribution in [3.8, 4) is 11.8 Å². The van der Waals surface area contributed by atoms with E-state index in [1.807, 2.05) is 9.80 Å². The zero-order valence-electron chi connectivity index (χ0n) is 20.3. The predicted octanol–water partition coefficient (Wildman–Crippen LogP) is 0.462. The molecule has 3 saturated heterocycles. The van der Waals surface area contributed by atoms with Crippen LogP contribution in [0.25, 0.3) is 0 Å². The van der Waals surface area contributed by atoms with Crippen LogP contribution in [0.15, 0.2) is 24.3 Å². The molecule has 2 amide bonds. The standard InChI is InChI=1S/C25H35N5O5/c1-19(31)29-8-6-27(7-9-29)10-11-34-25(33)30-15-21-13-28(14-22(21)16-30)17-23(32)18-35-24-4-2-20(12-26)3-5-24/h2-5,21-23,32H,6-11,13-18H2,1H3/t21?,22?,23-/m0/s1. The molecule has 2 unspecified atom stereocenters. The van der Waals surface area contributed by atoms with Crippen molar-refractivity contribution in [2.45, 2.75) is 13.0 Å². The number of nitriles is 1. The largest absolute Gasteiger partial charge is 0.491 e. The van der Waals surface area contributed by atoms with Gasteiger partial charge in [0.15, 0.2) is 0 Å². The second-order valence-corrected chi connectivity index (χ2v) is 9.71. The number of β-amino-alcohol motifs (C(OH)–C–C–N with tert-alkyl or cyclic N) is 1. The van der Waals surface area contributed by atoms with Crippen molar-refractivity contribution >= 4 is 12.0 Å². The van der Waals surface area contributed by atoms with E-state index in [0.717, 1.165) is 39.3 Å². The summed E-state index contributed by atoms with van der Waals surface area (Å²) in [6, 6.07) is 8.91. The fraction of sp³-hybridized carbons (Fsp3) is 0.640. The summed E-state index contributed by atoms with van der Waals surface area (Å²) in [4.78, 5) is 32.1. The number of amides is 2. The van der Waals surface area contributed by atoms with E-state index in [1.165, 1.54) is 0 Å². The van der Waals surface area contributed by atoms with Crippen LogP contribution in [0.4, 0.5) is 4.79 Å². The lowest BCUT2D eigenvalue weighted by molar-refractivity contribution is -0.130. The van der Waals surface area contributed by atoms with E-state index in [9.17, 15) is 14.7 Å². The Morgan fingerprint density at radius 2 is 1.69 bits per heavy atom. The minimum atomic E-state index is -0.608. The lowest BCUT2D eigenvalue weighted by Gasteiger charge is -2.34. The van der Waals surface area contributed by atoms with E-state index in [2.05, 4.69) is 15.9 Å². The van der Waals surface area contributed by atoms with Crippen LogP contribution in [-0.2, 0) is 9.53 Å². The molecule has 3 aliphatic rings. The summed E-state index contributed by atoms with van der Waals surface area (Å²) in [7, 11) is 0. The summed E-state index contributed by atoms with van der Waals surface area (Å²) in [6.45, 7) is 9.53. The first-order valence-electron chi connectivity index (χ1n) is 12.3. The first kappa shape index (κ1) is 25.2. The number of hydrogen-bond acceptors (Lipinski definition) is 8. The summed E-state index contributed by atoms with van der Waals surface area (Å²) in [5, 5.41) is 19.2.